The highest BCUT2D eigenvalue weighted by atomic mass is 35.5. The van der Waals surface area contributed by atoms with Crippen LogP contribution in [0.2, 0.25) is 0 Å². The summed E-state index contributed by atoms with van der Waals surface area (Å²) >= 11 is 6.58. The minimum absolute atomic E-state index is 0.108. The maximum Gasteiger partial charge on any atom is 0.369 e. The Kier molecular flexibility index (Phi) is 4.26. The number of alkyl halides is 1. The Bertz CT molecular complexity index is 140. The summed E-state index contributed by atoms with van der Waals surface area (Å²) in [6.45, 7) is 7.44. The first-order chi connectivity index (χ1) is 4.81. The van der Waals surface area contributed by atoms with Gasteiger partial charge in [-0.25, -0.2) is 4.79 Å². The van der Waals surface area contributed by atoms with E-state index < -0.39 is 5.56 Å². The van der Waals surface area contributed by atoms with E-state index in [9.17, 15) is 4.79 Å². The minimum atomic E-state index is -0.544. The topological polar surface area (TPSA) is 26.3 Å². The van der Waals surface area contributed by atoms with Gasteiger partial charge in [-0.1, -0.05) is 32.4 Å². The summed E-state index contributed by atoms with van der Waals surface area (Å²) in [7, 11) is 0. The molecule has 0 aromatic rings. The van der Waals surface area contributed by atoms with Crippen LogP contribution in [0.25, 0.3) is 0 Å². The molecule has 0 amide bonds. The van der Waals surface area contributed by atoms with Crippen LogP contribution in [0.15, 0.2) is 0 Å². The van der Waals surface area contributed by atoms with Crippen molar-refractivity contribution in [2.24, 2.45) is 0 Å². The molecule has 0 aliphatic carbocycles. The predicted octanol–water partition coefficient (Wildman–Crippen LogP) is 3.24. The summed E-state index contributed by atoms with van der Waals surface area (Å²) in [6, 6.07) is 0. The van der Waals surface area contributed by atoms with Crippen LogP contribution in [-0.4, -0.2) is 15.6 Å². The van der Waals surface area contributed by atoms with Gasteiger partial charge in [0.25, 0.3) is 0 Å². The average Bonchev–Trinajstić information content (AvgIpc) is 1.53. The largest absolute Gasteiger partial charge is 0.438 e. The highest BCUT2D eigenvalue weighted by Gasteiger charge is 2.18. The Labute approximate surface area is 76.6 Å². The van der Waals surface area contributed by atoms with Crippen molar-refractivity contribution >= 4 is 28.7 Å². The second-order valence-electron chi connectivity index (χ2n) is 3.13. The predicted molar refractivity (Wildman–Crippen MR) is 49.1 cm³/mol. The van der Waals surface area contributed by atoms with E-state index >= 15 is 0 Å². The molecule has 1 atom stereocenters. The summed E-state index contributed by atoms with van der Waals surface area (Å²) in [5.41, 5.74) is -0.544. The highest BCUT2D eigenvalue weighted by Crippen LogP contribution is 2.25. The first kappa shape index (κ1) is 11.1. The number of halogens is 1. The fourth-order valence-corrected chi connectivity index (χ4v) is 1.23. The second-order valence-corrected chi connectivity index (χ2v) is 5.50. The van der Waals surface area contributed by atoms with Gasteiger partial charge in [-0.2, -0.15) is 0 Å². The first-order valence-corrected chi connectivity index (χ1v) is 4.60. The van der Waals surface area contributed by atoms with Crippen molar-refractivity contribution in [2.45, 2.75) is 38.0 Å². The van der Waals surface area contributed by atoms with Crippen molar-refractivity contribution < 1.29 is 9.53 Å². The quantitative estimate of drug-likeness (QED) is 0.476. The van der Waals surface area contributed by atoms with Crippen LogP contribution in [0.3, 0.4) is 0 Å². The summed E-state index contributed by atoms with van der Waals surface area (Å²) in [5.74, 6) is 0. The summed E-state index contributed by atoms with van der Waals surface area (Å²) in [6.07, 6.45) is 0. The third-order valence-corrected chi connectivity index (χ3v) is 1.61. The van der Waals surface area contributed by atoms with E-state index in [1.54, 1.807) is 6.92 Å². The normalized spacial score (nSPS) is 14.3. The molecular weight excluding hydrogens is 184 g/mol. The lowest BCUT2D eigenvalue weighted by Gasteiger charge is -2.16. The lowest BCUT2D eigenvalue weighted by molar-refractivity contribution is 0.167. The van der Waals surface area contributed by atoms with Gasteiger partial charge in [0.05, 0.1) is 0 Å². The average molecular weight is 197 g/mol. The Morgan fingerprint density at radius 1 is 1.55 bits per heavy atom. The lowest BCUT2D eigenvalue weighted by atomic mass is 10.3. The maximum atomic E-state index is 10.9. The molecule has 0 aromatic carbocycles. The van der Waals surface area contributed by atoms with Gasteiger partial charge < -0.3 is 4.74 Å². The molecule has 1 unspecified atom stereocenters. The number of hydrogen-bond donors (Lipinski definition) is 0. The maximum absolute atomic E-state index is 10.9. The minimum Gasteiger partial charge on any atom is -0.438 e. The molecule has 0 saturated carbocycles. The van der Waals surface area contributed by atoms with Gasteiger partial charge in [-0.15, -0.1) is 0 Å². The Morgan fingerprint density at radius 3 is 2.27 bits per heavy atom. The van der Waals surface area contributed by atoms with E-state index in [0.717, 1.165) is 11.8 Å². The van der Waals surface area contributed by atoms with Crippen LogP contribution in [0.4, 0.5) is 4.79 Å². The molecule has 0 heterocycles. The van der Waals surface area contributed by atoms with Gasteiger partial charge >= 0.3 is 5.30 Å². The number of ether oxygens (including phenoxy) is 1. The molecule has 0 N–H and O–H groups in total. The summed E-state index contributed by atoms with van der Waals surface area (Å²) in [5, 5.41) is -0.319. The van der Waals surface area contributed by atoms with Crippen molar-refractivity contribution in [3.05, 3.63) is 0 Å². The molecule has 2 nitrogen and oxygen atoms in total. The molecule has 66 valence electrons. The summed E-state index contributed by atoms with van der Waals surface area (Å²) < 4.78 is 4.61. The third-order valence-electron chi connectivity index (χ3n) is 0.648. The number of hydrogen-bond acceptors (Lipinski definition) is 3. The van der Waals surface area contributed by atoms with Crippen LogP contribution in [-0.2, 0) is 4.74 Å². The van der Waals surface area contributed by atoms with E-state index in [1.165, 1.54) is 0 Å². The van der Waals surface area contributed by atoms with E-state index in [-0.39, 0.29) is 10.0 Å². The number of carbonyl (C=O) groups excluding carboxylic acids is 1. The van der Waals surface area contributed by atoms with Crippen molar-refractivity contribution in [1.29, 1.82) is 0 Å². The molecule has 0 aliphatic rings. The van der Waals surface area contributed by atoms with Crippen LogP contribution in [0.1, 0.15) is 27.7 Å². The molecule has 0 aliphatic heterocycles. The number of rotatable bonds is 1. The van der Waals surface area contributed by atoms with Crippen molar-refractivity contribution in [2.75, 3.05) is 0 Å². The van der Waals surface area contributed by atoms with Crippen LogP contribution >= 0.6 is 23.4 Å². The fraction of sp³-hybridized carbons (Fsp3) is 0.857. The Hall–Kier alpha value is 0.110. The summed E-state index contributed by atoms with van der Waals surface area (Å²) in [4.78, 5) is 10.9. The number of thioether (sulfide) groups is 1. The zero-order valence-corrected chi connectivity index (χ0v) is 8.75. The lowest BCUT2D eigenvalue weighted by Crippen LogP contribution is -2.14. The fourth-order valence-electron chi connectivity index (χ4n) is 0.407. The van der Waals surface area contributed by atoms with Crippen molar-refractivity contribution in [3.8, 4) is 0 Å². The monoisotopic (exact) mass is 196 g/mol. The van der Waals surface area contributed by atoms with Gasteiger partial charge in [0.1, 0.15) is 0 Å². The first-order valence-electron chi connectivity index (χ1n) is 3.35. The number of carbonyl (C=O) groups is 1. The van der Waals surface area contributed by atoms with Crippen molar-refractivity contribution in [3.63, 3.8) is 0 Å². The molecule has 0 spiro atoms. The standard InChI is InChI=1S/C7H13ClO2S/c1-5(8)10-6(9)11-7(2,3)4/h5H,1-4H3. The van der Waals surface area contributed by atoms with Crippen LogP contribution in [0.5, 0.6) is 0 Å². The SMILES string of the molecule is CC(Cl)OC(=O)SC(C)(C)C. The smallest absolute Gasteiger partial charge is 0.369 e. The van der Waals surface area contributed by atoms with E-state index in [4.69, 9.17) is 16.3 Å². The molecular formula is C7H13ClO2S. The molecule has 4 heteroatoms. The van der Waals surface area contributed by atoms with Gasteiger partial charge in [0, 0.05) is 4.75 Å². The van der Waals surface area contributed by atoms with E-state index in [0.29, 0.717) is 0 Å². The van der Waals surface area contributed by atoms with Crippen LogP contribution < -0.4 is 0 Å². The van der Waals surface area contributed by atoms with Gasteiger partial charge in [0.15, 0.2) is 5.56 Å². The molecule has 11 heavy (non-hydrogen) atoms. The Balaban J connectivity index is 3.71. The molecule has 0 rings (SSSR count). The molecule has 0 radical (unpaired) electrons. The second kappa shape index (κ2) is 4.21. The van der Waals surface area contributed by atoms with E-state index in [1.807, 2.05) is 20.8 Å². The third kappa shape index (κ3) is 8.01. The molecule has 0 bridgehead atoms. The molecule has 0 aromatic heterocycles. The van der Waals surface area contributed by atoms with Crippen LogP contribution in [0, 0.1) is 0 Å². The van der Waals surface area contributed by atoms with Gasteiger partial charge in [0.2, 0.25) is 0 Å². The zero-order chi connectivity index (χ0) is 9.07. The molecule has 0 fully saturated rings. The van der Waals surface area contributed by atoms with Gasteiger partial charge in [-0.3, -0.25) is 0 Å². The highest BCUT2D eigenvalue weighted by molar-refractivity contribution is 8.14. The molecule has 0 saturated heterocycles. The van der Waals surface area contributed by atoms with E-state index in [2.05, 4.69) is 0 Å². The van der Waals surface area contributed by atoms with Gasteiger partial charge in [-0.05, 0) is 18.7 Å². The zero-order valence-electron chi connectivity index (χ0n) is 7.18. The Morgan fingerprint density at radius 2 is 2.00 bits per heavy atom. The van der Waals surface area contributed by atoms with Crippen molar-refractivity contribution in [1.82, 2.24) is 0 Å².